The van der Waals surface area contributed by atoms with Gasteiger partial charge in [-0.25, -0.2) is 17.5 Å². The number of nitrogens with one attached hydrogen (secondary N) is 1. The number of likely N-dealkylation sites (tertiary alicyclic amines) is 1. The van der Waals surface area contributed by atoms with E-state index < -0.39 is 10.0 Å². The minimum atomic E-state index is -3.69. The molecule has 0 spiro atoms. The molecule has 0 bridgehead atoms. The van der Waals surface area contributed by atoms with E-state index >= 15 is 0 Å². The van der Waals surface area contributed by atoms with Crippen molar-refractivity contribution in [2.24, 2.45) is 0 Å². The molecule has 1 atom stereocenters. The number of benzene rings is 1. The van der Waals surface area contributed by atoms with Gasteiger partial charge in [0.2, 0.25) is 10.0 Å². The maximum absolute atomic E-state index is 13.8. The third-order valence-electron chi connectivity index (χ3n) is 4.42. The molecule has 136 valence electrons. The Hall–Kier alpha value is -1.77. The Bertz CT molecular complexity index is 831. The number of halogens is 1. The SMILES string of the molecule is Cc1noc(C)c1S(=O)(=O)N[C@H]1CCCN(Cc2ccccc2F)C1. The molecule has 3 rings (SSSR count). The summed E-state index contributed by atoms with van der Waals surface area (Å²) in [5.74, 6) is 0.0462. The summed E-state index contributed by atoms with van der Waals surface area (Å²) < 4.78 is 46.8. The van der Waals surface area contributed by atoms with Crippen LogP contribution in [0.1, 0.15) is 29.9 Å². The average Bonchev–Trinajstić information content (AvgIpc) is 2.89. The Morgan fingerprint density at radius 2 is 2.12 bits per heavy atom. The highest BCUT2D eigenvalue weighted by Crippen LogP contribution is 2.21. The second-order valence-electron chi connectivity index (χ2n) is 6.44. The van der Waals surface area contributed by atoms with E-state index in [9.17, 15) is 12.8 Å². The number of sulfonamides is 1. The summed E-state index contributed by atoms with van der Waals surface area (Å²) in [5, 5.41) is 3.71. The first kappa shape index (κ1) is 18.0. The van der Waals surface area contributed by atoms with Gasteiger partial charge in [0.15, 0.2) is 5.76 Å². The van der Waals surface area contributed by atoms with Crippen LogP contribution in [-0.4, -0.2) is 37.6 Å². The van der Waals surface area contributed by atoms with E-state index in [1.807, 2.05) is 0 Å². The van der Waals surface area contributed by atoms with Crippen LogP contribution in [0, 0.1) is 19.7 Å². The molecule has 25 heavy (non-hydrogen) atoms. The summed E-state index contributed by atoms with van der Waals surface area (Å²) >= 11 is 0. The maximum Gasteiger partial charge on any atom is 0.246 e. The van der Waals surface area contributed by atoms with Crippen molar-refractivity contribution in [2.45, 2.75) is 44.2 Å². The quantitative estimate of drug-likeness (QED) is 0.878. The lowest BCUT2D eigenvalue weighted by Crippen LogP contribution is -2.47. The van der Waals surface area contributed by atoms with Crippen molar-refractivity contribution < 1.29 is 17.3 Å². The average molecular weight is 367 g/mol. The molecular weight excluding hydrogens is 345 g/mol. The molecule has 0 amide bonds. The van der Waals surface area contributed by atoms with Crippen molar-refractivity contribution in [3.63, 3.8) is 0 Å². The van der Waals surface area contributed by atoms with Crippen LogP contribution in [0.4, 0.5) is 4.39 Å². The van der Waals surface area contributed by atoms with Crippen molar-refractivity contribution in [1.29, 1.82) is 0 Å². The summed E-state index contributed by atoms with van der Waals surface area (Å²) in [6.45, 7) is 5.02. The summed E-state index contributed by atoms with van der Waals surface area (Å²) in [4.78, 5) is 2.18. The van der Waals surface area contributed by atoms with Gasteiger partial charge in [-0.3, -0.25) is 4.90 Å². The fourth-order valence-electron chi connectivity index (χ4n) is 3.30. The predicted molar refractivity (Wildman–Crippen MR) is 91.0 cm³/mol. The Morgan fingerprint density at radius 1 is 1.36 bits per heavy atom. The monoisotopic (exact) mass is 367 g/mol. The highest BCUT2D eigenvalue weighted by Gasteiger charge is 2.29. The van der Waals surface area contributed by atoms with Gasteiger partial charge in [-0.2, -0.15) is 0 Å². The molecule has 1 fully saturated rings. The first-order valence-electron chi connectivity index (χ1n) is 8.28. The largest absolute Gasteiger partial charge is 0.360 e. The fraction of sp³-hybridized carbons (Fsp3) is 0.471. The van der Waals surface area contributed by atoms with Crippen LogP contribution in [0.15, 0.2) is 33.7 Å². The second-order valence-corrected chi connectivity index (χ2v) is 8.09. The van der Waals surface area contributed by atoms with Crippen molar-refractivity contribution in [3.8, 4) is 0 Å². The molecule has 1 aliphatic rings. The van der Waals surface area contributed by atoms with Crippen LogP contribution in [-0.2, 0) is 16.6 Å². The third kappa shape index (κ3) is 4.08. The van der Waals surface area contributed by atoms with Gasteiger partial charge in [0.25, 0.3) is 0 Å². The van der Waals surface area contributed by atoms with Crippen molar-refractivity contribution >= 4 is 10.0 Å². The Balaban J connectivity index is 1.69. The summed E-state index contributed by atoms with van der Waals surface area (Å²) in [7, 11) is -3.69. The van der Waals surface area contributed by atoms with E-state index in [0.29, 0.717) is 24.3 Å². The second kappa shape index (κ2) is 7.23. The van der Waals surface area contributed by atoms with Gasteiger partial charge in [0.1, 0.15) is 16.4 Å². The Morgan fingerprint density at radius 3 is 2.80 bits per heavy atom. The normalized spacial score (nSPS) is 19.2. The van der Waals surface area contributed by atoms with Crippen LogP contribution in [0.3, 0.4) is 0 Å². The van der Waals surface area contributed by atoms with Crippen LogP contribution < -0.4 is 4.72 Å². The van der Waals surface area contributed by atoms with Gasteiger partial charge in [-0.15, -0.1) is 0 Å². The van der Waals surface area contributed by atoms with E-state index in [4.69, 9.17) is 4.52 Å². The topological polar surface area (TPSA) is 75.4 Å². The van der Waals surface area contributed by atoms with Gasteiger partial charge >= 0.3 is 0 Å². The third-order valence-corrected chi connectivity index (χ3v) is 6.18. The zero-order valence-electron chi connectivity index (χ0n) is 14.3. The lowest BCUT2D eigenvalue weighted by molar-refractivity contribution is 0.192. The molecule has 0 radical (unpaired) electrons. The number of aromatic nitrogens is 1. The van der Waals surface area contributed by atoms with Gasteiger partial charge in [-0.1, -0.05) is 23.4 Å². The van der Waals surface area contributed by atoms with Crippen LogP contribution in [0.5, 0.6) is 0 Å². The molecule has 1 saturated heterocycles. The van der Waals surface area contributed by atoms with Gasteiger partial charge in [0.05, 0.1) is 0 Å². The standard InChI is InChI=1S/C17H22FN3O3S/c1-12-17(13(2)24-19-12)25(22,23)20-15-7-5-9-21(11-15)10-14-6-3-4-8-16(14)18/h3-4,6,8,15,20H,5,7,9-11H2,1-2H3/t15-/m0/s1. The van der Waals surface area contributed by atoms with Crippen molar-refractivity contribution in [2.75, 3.05) is 13.1 Å². The molecule has 8 heteroatoms. The van der Waals surface area contributed by atoms with Gasteiger partial charge < -0.3 is 4.52 Å². The van der Waals surface area contributed by atoms with E-state index in [-0.39, 0.29) is 22.5 Å². The first-order chi connectivity index (χ1) is 11.9. The van der Waals surface area contributed by atoms with E-state index in [1.165, 1.54) is 6.07 Å². The van der Waals surface area contributed by atoms with Crippen LogP contribution in [0.25, 0.3) is 0 Å². The number of aryl methyl sites for hydroxylation is 2. The highest BCUT2D eigenvalue weighted by atomic mass is 32.2. The maximum atomic E-state index is 13.8. The molecule has 1 N–H and O–H groups in total. The van der Waals surface area contributed by atoms with Crippen molar-refractivity contribution in [3.05, 3.63) is 47.1 Å². The Kier molecular flexibility index (Phi) is 5.21. The molecule has 0 unspecified atom stereocenters. The minimum Gasteiger partial charge on any atom is -0.360 e. The molecule has 0 aliphatic carbocycles. The summed E-state index contributed by atoms with van der Waals surface area (Å²) in [6.07, 6.45) is 1.60. The lowest BCUT2D eigenvalue weighted by atomic mass is 10.1. The number of nitrogens with zero attached hydrogens (tertiary/aromatic N) is 2. The number of piperidine rings is 1. The number of hydrogen-bond donors (Lipinski definition) is 1. The molecule has 2 aromatic rings. The van der Waals surface area contributed by atoms with Crippen molar-refractivity contribution in [1.82, 2.24) is 14.8 Å². The molecule has 6 nitrogen and oxygen atoms in total. The predicted octanol–water partition coefficient (Wildman–Crippen LogP) is 2.37. The lowest BCUT2D eigenvalue weighted by Gasteiger charge is -2.33. The fourth-order valence-corrected chi connectivity index (χ4v) is 4.89. The van der Waals surface area contributed by atoms with E-state index in [2.05, 4.69) is 14.8 Å². The zero-order valence-corrected chi connectivity index (χ0v) is 15.1. The molecule has 0 saturated carbocycles. The van der Waals surface area contributed by atoms with E-state index in [0.717, 1.165) is 19.4 Å². The molecule has 1 aromatic carbocycles. The molecule has 1 aromatic heterocycles. The number of hydrogen-bond acceptors (Lipinski definition) is 5. The van der Waals surface area contributed by atoms with Crippen LogP contribution >= 0.6 is 0 Å². The minimum absolute atomic E-state index is 0.110. The van der Waals surface area contributed by atoms with Gasteiger partial charge in [-0.05, 0) is 39.3 Å². The van der Waals surface area contributed by atoms with Crippen LogP contribution in [0.2, 0.25) is 0 Å². The molecule has 1 aliphatic heterocycles. The Labute approximate surface area is 147 Å². The molecule has 2 heterocycles. The first-order valence-corrected chi connectivity index (χ1v) is 9.76. The number of rotatable bonds is 5. The summed E-state index contributed by atoms with van der Waals surface area (Å²) in [6, 6.07) is 6.44. The van der Waals surface area contributed by atoms with E-state index in [1.54, 1.807) is 32.0 Å². The molecular formula is C17H22FN3O3S. The summed E-state index contributed by atoms with van der Waals surface area (Å²) in [5.41, 5.74) is 0.973. The smallest absolute Gasteiger partial charge is 0.246 e. The van der Waals surface area contributed by atoms with Gasteiger partial charge in [0, 0.05) is 24.7 Å². The highest BCUT2D eigenvalue weighted by molar-refractivity contribution is 7.89. The zero-order chi connectivity index (χ0) is 18.0.